The number of hydrogen-bond donors (Lipinski definition) is 2. The van der Waals surface area contributed by atoms with Gasteiger partial charge in [-0.3, -0.25) is 9.69 Å². The second-order valence-corrected chi connectivity index (χ2v) is 10.6. The highest BCUT2D eigenvalue weighted by molar-refractivity contribution is 6.31. The van der Waals surface area contributed by atoms with Gasteiger partial charge in [-0.05, 0) is 58.5 Å². The van der Waals surface area contributed by atoms with Gasteiger partial charge in [-0.25, -0.2) is 9.37 Å². The molecule has 1 aromatic carbocycles. The highest BCUT2D eigenvalue weighted by atomic mass is 35.5. The molecule has 4 rings (SSSR count). The number of anilines is 4. The molecule has 10 nitrogen and oxygen atoms in total. The molecule has 0 aliphatic carbocycles. The third-order valence-corrected chi connectivity index (χ3v) is 7.58. The van der Waals surface area contributed by atoms with Gasteiger partial charge in [0.25, 0.3) is 0 Å². The number of halogens is 2. The number of nitrogens with zero attached hydrogens (tertiary/aromatic N) is 5. The van der Waals surface area contributed by atoms with Crippen LogP contribution in [0.15, 0.2) is 31.0 Å². The Morgan fingerprint density at radius 1 is 1.22 bits per heavy atom. The number of methoxy groups -OCH3 is 1. The van der Waals surface area contributed by atoms with E-state index in [9.17, 15) is 4.39 Å². The van der Waals surface area contributed by atoms with Gasteiger partial charge in [0.05, 0.1) is 30.4 Å². The quantitative estimate of drug-likeness (QED) is 0.284. The van der Waals surface area contributed by atoms with Gasteiger partial charge in [0.2, 0.25) is 11.8 Å². The lowest BCUT2D eigenvalue weighted by Crippen LogP contribution is -2.42. The van der Waals surface area contributed by atoms with E-state index in [2.05, 4.69) is 62.0 Å². The smallest absolute Gasteiger partial charge is 0.237 e. The first-order chi connectivity index (χ1) is 19.8. The zero-order chi connectivity index (χ0) is 29.8. The molecule has 1 unspecified atom stereocenters. The summed E-state index contributed by atoms with van der Waals surface area (Å²) in [6.07, 6.45) is 7.32. The number of piperidine rings is 2. The number of carbonyl (C=O) groups is 1. The lowest BCUT2D eigenvalue weighted by Gasteiger charge is -2.37. The molecule has 226 valence electrons. The predicted molar refractivity (Wildman–Crippen MR) is 164 cm³/mol. The Kier molecular flexibility index (Phi) is 12.9. The average Bonchev–Trinajstić information content (AvgIpc) is 2.99. The number of allylic oxidation sites excluding steroid dienone is 1. The molecule has 0 bridgehead atoms. The minimum absolute atomic E-state index is 0.0955. The van der Waals surface area contributed by atoms with Crippen LogP contribution < -0.4 is 25.0 Å². The van der Waals surface area contributed by atoms with Gasteiger partial charge in [-0.15, -0.1) is 0 Å². The summed E-state index contributed by atoms with van der Waals surface area (Å²) in [5.41, 5.74) is 2.84. The Labute approximate surface area is 247 Å². The van der Waals surface area contributed by atoms with Crippen LogP contribution >= 0.6 is 11.6 Å². The van der Waals surface area contributed by atoms with Crippen LogP contribution in [0.25, 0.3) is 0 Å². The summed E-state index contributed by atoms with van der Waals surface area (Å²) in [6, 6.07) is 4.68. The molecule has 0 amide bonds. The van der Waals surface area contributed by atoms with E-state index in [-0.39, 0.29) is 12.8 Å². The molecule has 0 saturated carbocycles. The summed E-state index contributed by atoms with van der Waals surface area (Å²) in [6.45, 7) is 6.67. The molecule has 41 heavy (non-hydrogen) atoms. The first-order valence-electron chi connectivity index (χ1n) is 13.9. The van der Waals surface area contributed by atoms with Crippen molar-refractivity contribution in [2.24, 2.45) is 0 Å². The summed E-state index contributed by atoms with van der Waals surface area (Å²) >= 11 is 6.36. The molecule has 12 heteroatoms. The lowest BCUT2D eigenvalue weighted by molar-refractivity contribution is -0.104. The fourth-order valence-electron chi connectivity index (χ4n) is 5.13. The highest BCUT2D eigenvalue weighted by Crippen LogP contribution is 2.39. The third kappa shape index (κ3) is 9.17. The van der Waals surface area contributed by atoms with E-state index in [0.29, 0.717) is 48.0 Å². The number of benzene rings is 1. The fourth-order valence-corrected chi connectivity index (χ4v) is 5.26. The number of ether oxygens (including phenoxy) is 2. The first-order valence-corrected chi connectivity index (χ1v) is 14.3. The minimum atomic E-state index is -0.362. The van der Waals surface area contributed by atoms with Gasteiger partial charge in [0, 0.05) is 45.3 Å². The maximum absolute atomic E-state index is 12.8. The molecule has 2 aliphatic heterocycles. The van der Waals surface area contributed by atoms with Crippen molar-refractivity contribution in [3.63, 3.8) is 0 Å². The van der Waals surface area contributed by atoms with Crippen molar-refractivity contribution in [3.05, 3.63) is 36.0 Å². The molecular weight excluding hydrogens is 549 g/mol. The summed E-state index contributed by atoms with van der Waals surface area (Å²) in [5, 5.41) is 6.94. The van der Waals surface area contributed by atoms with E-state index in [0.717, 1.165) is 62.4 Å². The predicted octanol–water partition coefficient (Wildman–Crippen LogP) is 4.64. The zero-order valence-corrected chi connectivity index (χ0v) is 25.3. The van der Waals surface area contributed by atoms with E-state index < -0.39 is 0 Å². The van der Waals surface area contributed by atoms with Crippen molar-refractivity contribution in [2.75, 3.05) is 83.2 Å². The van der Waals surface area contributed by atoms with Crippen LogP contribution in [0, 0.1) is 0 Å². The van der Waals surface area contributed by atoms with E-state index in [1.165, 1.54) is 12.3 Å². The number of likely N-dealkylation sites (tertiary alicyclic amines) is 1. The van der Waals surface area contributed by atoms with E-state index >= 15 is 0 Å². The van der Waals surface area contributed by atoms with Crippen LogP contribution in [0.4, 0.5) is 27.4 Å². The molecule has 2 N–H and O–H groups in total. The molecule has 1 aromatic heterocycles. The van der Waals surface area contributed by atoms with E-state index in [1.54, 1.807) is 7.11 Å². The highest BCUT2D eigenvalue weighted by Gasteiger charge is 2.25. The summed E-state index contributed by atoms with van der Waals surface area (Å²) in [4.78, 5) is 24.7. The van der Waals surface area contributed by atoms with Gasteiger partial charge in [0.1, 0.15) is 29.8 Å². The average molecular weight is 592 g/mol. The van der Waals surface area contributed by atoms with Crippen LogP contribution in [0.5, 0.6) is 11.6 Å². The Morgan fingerprint density at radius 2 is 1.95 bits per heavy atom. The van der Waals surface area contributed by atoms with Gasteiger partial charge >= 0.3 is 0 Å². The van der Waals surface area contributed by atoms with E-state index in [4.69, 9.17) is 25.9 Å². The Bertz CT molecular complexity index is 1120. The van der Waals surface area contributed by atoms with Crippen molar-refractivity contribution < 1.29 is 18.7 Å². The number of alkyl halides is 1. The monoisotopic (exact) mass is 591 g/mol. The van der Waals surface area contributed by atoms with Crippen LogP contribution in [-0.2, 0) is 4.79 Å². The Morgan fingerprint density at radius 3 is 2.56 bits per heavy atom. The summed E-state index contributed by atoms with van der Waals surface area (Å²) in [7, 11) is 7.87. The second-order valence-electron chi connectivity index (χ2n) is 10.2. The molecule has 1 atom stereocenters. The van der Waals surface area contributed by atoms with Crippen molar-refractivity contribution in [1.82, 2.24) is 19.8 Å². The Balaban J connectivity index is 0.00000108. The number of rotatable bonds is 11. The lowest BCUT2D eigenvalue weighted by atomic mass is 10.0. The number of nitrogens with one attached hydrogen (secondary N) is 2. The standard InChI is InChI=1S/C26H39ClFN7O2.C3H4O/c1-29-21-14-22(24(36-4)15-23(21)35-11-7-18(8-12-35)33(2)3)31-26-30-16-20(27)25(32-26)37-19-6-5-10-34(17-19)13-9-28;1-2-3-4/h14-16,18-19,29H,5-13,17H2,1-4H3,(H,30,31,32);2-3H,1H2. The Hall–Kier alpha value is -3.15. The largest absolute Gasteiger partial charge is 0.494 e. The van der Waals surface area contributed by atoms with Crippen molar-refractivity contribution in [2.45, 2.75) is 37.8 Å². The van der Waals surface area contributed by atoms with E-state index in [1.807, 2.05) is 13.1 Å². The molecule has 2 saturated heterocycles. The number of hydrogen-bond acceptors (Lipinski definition) is 10. The first kappa shape index (κ1) is 32.4. The number of aldehydes is 1. The fraction of sp³-hybridized carbons (Fsp3) is 0.552. The summed E-state index contributed by atoms with van der Waals surface area (Å²) in [5.74, 6) is 1.37. The van der Waals surface area contributed by atoms with Gasteiger partial charge in [0.15, 0.2) is 0 Å². The van der Waals surface area contributed by atoms with Crippen LogP contribution in [0.3, 0.4) is 0 Å². The second kappa shape index (κ2) is 16.3. The SMILES string of the molecule is C=CC=O.CNc1cc(Nc2ncc(Cl)c(OC3CCCN(CCF)C3)n2)c(OC)cc1N1CCC(N(C)C)CC1. The maximum Gasteiger partial charge on any atom is 0.237 e. The molecule has 2 fully saturated rings. The third-order valence-electron chi connectivity index (χ3n) is 7.32. The van der Waals surface area contributed by atoms with Crippen LogP contribution in [-0.4, -0.2) is 106 Å². The van der Waals surface area contributed by atoms with Crippen molar-refractivity contribution >= 4 is 40.9 Å². The summed E-state index contributed by atoms with van der Waals surface area (Å²) < 4.78 is 24.7. The topological polar surface area (TPSA) is 95.1 Å². The number of aromatic nitrogens is 2. The normalized spacial score (nSPS) is 17.8. The van der Waals surface area contributed by atoms with Gasteiger partial charge < -0.3 is 29.9 Å². The van der Waals surface area contributed by atoms with Crippen molar-refractivity contribution in [1.29, 1.82) is 0 Å². The van der Waals surface area contributed by atoms with Crippen LogP contribution in [0.1, 0.15) is 25.7 Å². The molecular formula is C29H43ClFN7O3. The molecule has 3 heterocycles. The van der Waals surface area contributed by atoms with Crippen molar-refractivity contribution in [3.8, 4) is 11.6 Å². The minimum Gasteiger partial charge on any atom is -0.494 e. The van der Waals surface area contributed by atoms with Gasteiger partial charge in [-0.2, -0.15) is 4.98 Å². The molecule has 2 aromatic rings. The van der Waals surface area contributed by atoms with Gasteiger partial charge in [-0.1, -0.05) is 18.2 Å². The maximum atomic E-state index is 12.8. The molecule has 0 spiro atoms. The molecule has 2 aliphatic rings. The number of carbonyl (C=O) groups excluding carboxylic acids is 1. The molecule has 0 radical (unpaired) electrons. The van der Waals surface area contributed by atoms with Crippen LogP contribution in [0.2, 0.25) is 5.02 Å². The zero-order valence-electron chi connectivity index (χ0n) is 24.5.